The number of hydrogen-bond donors (Lipinski definition) is 1. The van der Waals surface area contributed by atoms with Crippen LogP contribution in [-0.4, -0.2) is 57.2 Å². The Hall–Kier alpha value is -4.15. The summed E-state index contributed by atoms with van der Waals surface area (Å²) in [5.41, 5.74) is -0.282. The zero-order valence-corrected chi connectivity index (χ0v) is 18.6. The van der Waals surface area contributed by atoms with Gasteiger partial charge in [0.15, 0.2) is 0 Å². The maximum atomic E-state index is 13.3. The van der Waals surface area contributed by atoms with Gasteiger partial charge < -0.3 is 14.6 Å². The number of unbranched alkanes of at least 4 members (excludes halogenated alkanes) is 1. The van der Waals surface area contributed by atoms with E-state index in [1.165, 1.54) is 30.2 Å². The number of hydrogen-bond acceptors (Lipinski definition) is 7. The van der Waals surface area contributed by atoms with Gasteiger partial charge in [0.1, 0.15) is 17.2 Å². The van der Waals surface area contributed by atoms with Crippen LogP contribution in [0.4, 0.5) is 10.5 Å². The van der Waals surface area contributed by atoms with Crippen LogP contribution in [0.3, 0.4) is 0 Å². The molecular formula is C22H25N5O6. The number of nitrogens with zero attached hydrogens (tertiary/aromatic N) is 5. The van der Waals surface area contributed by atoms with Crippen LogP contribution in [0.1, 0.15) is 37.0 Å². The Bertz CT molecular complexity index is 1200. The highest BCUT2D eigenvalue weighted by Gasteiger charge is 2.26. The van der Waals surface area contributed by atoms with Crippen molar-refractivity contribution in [2.45, 2.75) is 26.7 Å². The van der Waals surface area contributed by atoms with Crippen molar-refractivity contribution in [3.05, 3.63) is 58.5 Å². The first-order valence-corrected chi connectivity index (χ1v) is 10.4. The molecule has 0 radical (unpaired) electrons. The van der Waals surface area contributed by atoms with E-state index in [0.29, 0.717) is 28.5 Å². The third kappa shape index (κ3) is 4.86. The Balaban J connectivity index is 2.03. The van der Waals surface area contributed by atoms with Crippen molar-refractivity contribution in [1.29, 1.82) is 0 Å². The number of aromatic carboxylic acids is 1. The van der Waals surface area contributed by atoms with Gasteiger partial charge in [-0.1, -0.05) is 25.5 Å². The van der Waals surface area contributed by atoms with Crippen LogP contribution in [0.25, 0.3) is 5.69 Å². The standard InChI is InChI=1S/C22H25N5O6/c1-4-6-13-33-19-12-11-15(20(28)29)14-17(19)25(5-2)21(30)27-22(31)26(23-24-27)16-9-7-8-10-18(16)32-3/h7-12,14H,4-6,13H2,1-3H3,(H,28,29). The van der Waals surface area contributed by atoms with Gasteiger partial charge in [0.25, 0.3) is 0 Å². The van der Waals surface area contributed by atoms with E-state index in [1.54, 1.807) is 31.2 Å². The van der Waals surface area contributed by atoms with Crippen LogP contribution in [0, 0.1) is 0 Å². The number of carboxylic acids is 1. The van der Waals surface area contributed by atoms with Crippen molar-refractivity contribution in [3.63, 3.8) is 0 Å². The molecule has 174 valence electrons. The fraction of sp³-hybridized carbons (Fsp3) is 0.318. The maximum Gasteiger partial charge on any atom is 0.377 e. The molecule has 3 rings (SSSR count). The molecule has 0 saturated carbocycles. The lowest BCUT2D eigenvalue weighted by molar-refractivity contribution is 0.0697. The summed E-state index contributed by atoms with van der Waals surface area (Å²) in [7, 11) is 1.45. The number of para-hydroxylation sites is 2. The maximum absolute atomic E-state index is 13.3. The van der Waals surface area contributed by atoms with E-state index in [-0.39, 0.29) is 17.8 Å². The average Bonchev–Trinajstić information content (AvgIpc) is 3.21. The van der Waals surface area contributed by atoms with Crippen molar-refractivity contribution in [2.24, 2.45) is 0 Å². The summed E-state index contributed by atoms with van der Waals surface area (Å²) < 4.78 is 12.6. The van der Waals surface area contributed by atoms with Gasteiger partial charge in [-0.2, -0.15) is 4.68 Å². The number of ether oxygens (including phenoxy) is 2. The van der Waals surface area contributed by atoms with Gasteiger partial charge in [-0.15, -0.1) is 4.68 Å². The zero-order valence-electron chi connectivity index (χ0n) is 18.6. The number of carbonyl (C=O) groups is 2. The second-order valence-electron chi connectivity index (χ2n) is 6.97. The number of aromatic nitrogens is 4. The molecule has 0 spiro atoms. The Morgan fingerprint density at radius 2 is 1.85 bits per heavy atom. The summed E-state index contributed by atoms with van der Waals surface area (Å²) in [6, 6.07) is 10.1. The van der Waals surface area contributed by atoms with Crippen molar-refractivity contribution in [3.8, 4) is 17.2 Å². The smallest absolute Gasteiger partial charge is 0.377 e. The van der Waals surface area contributed by atoms with Crippen LogP contribution in [0.15, 0.2) is 47.3 Å². The third-order valence-electron chi connectivity index (χ3n) is 4.88. The molecule has 0 bridgehead atoms. The Morgan fingerprint density at radius 3 is 2.52 bits per heavy atom. The highest BCUT2D eigenvalue weighted by molar-refractivity contribution is 5.97. The van der Waals surface area contributed by atoms with Gasteiger partial charge in [-0.3, -0.25) is 4.90 Å². The fourth-order valence-electron chi connectivity index (χ4n) is 3.16. The van der Waals surface area contributed by atoms with Crippen LogP contribution in [0.5, 0.6) is 11.5 Å². The van der Waals surface area contributed by atoms with E-state index < -0.39 is 17.7 Å². The number of benzene rings is 2. The molecule has 11 heteroatoms. The zero-order chi connectivity index (χ0) is 24.0. The molecule has 1 amide bonds. The molecule has 1 heterocycles. The number of methoxy groups -OCH3 is 1. The van der Waals surface area contributed by atoms with Gasteiger partial charge >= 0.3 is 17.7 Å². The molecule has 0 fully saturated rings. The first-order chi connectivity index (χ1) is 15.9. The van der Waals surface area contributed by atoms with E-state index in [2.05, 4.69) is 10.4 Å². The number of rotatable bonds is 9. The number of anilines is 1. The summed E-state index contributed by atoms with van der Waals surface area (Å²) in [5, 5.41) is 17.0. The van der Waals surface area contributed by atoms with Gasteiger partial charge in [0, 0.05) is 6.54 Å². The van der Waals surface area contributed by atoms with Gasteiger partial charge in [0.2, 0.25) is 0 Å². The van der Waals surface area contributed by atoms with Crippen molar-refractivity contribution in [1.82, 2.24) is 19.8 Å². The predicted octanol–water partition coefficient (Wildman–Crippen LogP) is 2.81. The number of amides is 1. The molecule has 0 atom stereocenters. The number of carboxylic acid groups (broad SMARTS) is 1. The van der Waals surface area contributed by atoms with E-state index in [1.807, 2.05) is 6.92 Å². The second-order valence-corrected chi connectivity index (χ2v) is 6.97. The monoisotopic (exact) mass is 455 g/mol. The largest absolute Gasteiger partial charge is 0.494 e. The summed E-state index contributed by atoms with van der Waals surface area (Å²) >= 11 is 0. The van der Waals surface area contributed by atoms with Gasteiger partial charge in [0.05, 0.1) is 25.0 Å². The van der Waals surface area contributed by atoms with E-state index >= 15 is 0 Å². The summed E-state index contributed by atoms with van der Waals surface area (Å²) in [6.45, 7) is 4.22. The number of carbonyl (C=O) groups excluding carboxylic acids is 1. The minimum Gasteiger partial charge on any atom is -0.494 e. The molecule has 2 aromatic carbocycles. The lowest BCUT2D eigenvalue weighted by atomic mass is 10.1. The average molecular weight is 455 g/mol. The molecule has 0 unspecified atom stereocenters. The molecular weight excluding hydrogens is 430 g/mol. The quantitative estimate of drug-likeness (QED) is 0.385. The van der Waals surface area contributed by atoms with Crippen LogP contribution >= 0.6 is 0 Å². The number of tetrazole rings is 1. The molecule has 0 aliphatic heterocycles. The minimum atomic E-state index is -1.15. The summed E-state index contributed by atoms with van der Waals surface area (Å²) in [4.78, 5) is 39.0. The molecule has 1 N–H and O–H groups in total. The topological polar surface area (TPSA) is 129 Å². The molecule has 3 aromatic rings. The lowest BCUT2D eigenvalue weighted by Crippen LogP contribution is -2.41. The molecule has 0 aliphatic carbocycles. The van der Waals surface area contributed by atoms with Gasteiger partial charge in [-0.05, 0) is 54.1 Å². The molecule has 0 aliphatic rings. The highest BCUT2D eigenvalue weighted by Crippen LogP contribution is 2.30. The summed E-state index contributed by atoms with van der Waals surface area (Å²) in [5.74, 6) is -0.444. The first-order valence-electron chi connectivity index (χ1n) is 10.4. The molecule has 1 aromatic heterocycles. The first kappa shape index (κ1) is 23.5. The van der Waals surface area contributed by atoms with Gasteiger partial charge in [-0.25, -0.2) is 14.4 Å². The Kier molecular flexibility index (Phi) is 7.44. The highest BCUT2D eigenvalue weighted by atomic mass is 16.5. The van der Waals surface area contributed by atoms with Crippen LogP contribution in [0.2, 0.25) is 0 Å². The molecule has 0 saturated heterocycles. The summed E-state index contributed by atoms with van der Waals surface area (Å²) in [6.07, 6.45) is 1.69. The van der Waals surface area contributed by atoms with E-state index in [4.69, 9.17) is 9.47 Å². The normalized spacial score (nSPS) is 10.6. The SMILES string of the molecule is CCCCOc1ccc(C(=O)O)cc1N(CC)C(=O)n1nnn(-c2ccccc2OC)c1=O. The minimum absolute atomic E-state index is 0.0240. The van der Waals surface area contributed by atoms with Crippen LogP contribution < -0.4 is 20.1 Å². The fourth-order valence-corrected chi connectivity index (χ4v) is 3.16. The van der Waals surface area contributed by atoms with Crippen molar-refractivity contribution >= 4 is 17.7 Å². The Morgan fingerprint density at radius 1 is 1.09 bits per heavy atom. The Labute approximate surface area is 189 Å². The molecule has 11 nitrogen and oxygen atoms in total. The van der Waals surface area contributed by atoms with Crippen LogP contribution in [-0.2, 0) is 0 Å². The van der Waals surface area contributed by atoms with E-state index in [9.17, 15) is 19.5 Å². The molecule has 33 heavy (non-hydrogen) atoms. The van der Waals surface area contributed by atoms with Crippen molar-refractivity contribution < 1.29 is 24.2 Å². The predicted molar refractivity (Wildman–Crippen MR) is 120 cm³/mol. The second kappa shape index (κ2) is 10.4. The lowest BCUT2D eigenvalue weighted by Gasteiger charge is -2.23. The van der Waals surface area contributed by atoms with Crippen molar-refractivity contribution in [2.75, 3.05) is 25.2 Å². The third-order valence-corrected chi connectivity index (χ3v) is 4.88. The van der Waals surface area contributed by atoms with E-state index in [0.717, 1.165) is 17.5 Å².